The van der Waals surface area contributed by atoms with Crippen LogP contribution in [0, 0.1) is 5.95 Å². The molecule has 0 atom stereocenters. The van der Waals surface area contributed by atoms with Crippen molar-refractivity contribution in [2.75, 3.05) is 25.2 Å². The van der Waals surface area contributed by atoms with Gasteiger partial charge in [0.15, 0.2) is 0 Å². The van der Waals surface area contributed by atoms with Gasteiger partial charge in [0.05, 0.1) is 22.8 Å². The Morgan fingerprint density at radius 3 is 2.59 bits per heavy atom. The number of hydrogen-bond acceptors (Lipinski definition) is 4. The van der Waals surface area contributed by atoms with Gasteiger partial charge in [0.1, 0.15) is 0 Å². The van der Waals surface area contributed by atoms with Crippen LogP contribution in [0.4, 0.5) is 10.1 Å². The smallest absolute Gasteiger partial charge is 0.237 e. The number of benzene rings is 1. The number of nitrogens with zero attached hydrogens (tertiary/aromatic N) is 3. The van der Waals surface area contributed by atoms with Gasteiger partial charge in [0, 0.05) is 43.0 Å². The molecule has 6 heteroatoms. The normalized spacial score (nSPS) is 18.3. The Bertz CT molecular complexity index is 1060. The van der Waals surface area contributed by atoms with Gasteiger partial charge in [-0.15, -0.1) is 0 Å². The van der Waals surface area contributed by atoms with Crippen molar-refractivity contribution in [2.24, 2.45) is 0 Å². The number of carbonyl (C=O) groups is 1. The molecular weight excluding hydrogens is 345 g/mol. The maximum Gasteiger partial charge on any atom is 0.237 e. The van der Waals surface area contributed by atoms with Crippen molar-refractivity contribution in [1.82, 2.24) is 9.97 Å². The molecule has 2 aromatic heterocycles. The minimum absolute atomic E-state index is 0.115. The second-order valence-electron chi connectivity index (χ2n) is 7.18. The van der Waals surface area contributed by atoms with E-state index in [1.165, 1.54) is 12.3 Å². The largest absolute Gasteiger partial charge is 0.381 e. The van der Waals surface area contributed by atoms with Crippen LogP contribution < -0.4 is 4.90 Å². The highest BCUT2D eigenvalue weighted by atomic mass is 19.1. The van der Waals surface area contributed by atoms with Crippen LogP contribution in [0.1, 0.15) is 18.4 Å². The van der Waals surface area contributed by atoms with Gasteiger partial charge in [0.25, 0.3) is 0 Å². The van der Waals surface area contributed by atoms with E-state index in [0.29, 0.717) is 26.1 Å². The Hall–Kier alpha value is -2.86. The number of anilines is 1. The average Bonchev–Trinajstić information content (AvgIpc) is 2.91. The number of hydrogen-bond donors (Lipinski definition) is 0. The van der Waals surface area contributed by atoms with E-state index in [1.54, 1.807) is 17.2 Å². The van der Waals surface area contributed by atoms with Crippen molar-refractivity contribution < 1.29 is 13.9 Å². The number of carbonyl (C=O) groups excluding carboxylic acids is 1. The molecule has 1 spiro atoms. The molecule has 1 aromatic carbocycles. The number of likely N-dealkylation sites (N-methyl/N-ethyl adjacent to an activating group) is 1. The molecular formula is C21H18FN3O2. The molecule has 0 unspecified atom stereocenters. The van der Waals surface area contributed by atoms with Crippen molar-refractivity contribution in [3.63, 3.8) is 0 Å². The van der Waals surface area contributed by atoms with Crippen LogP contribution in [0.25, 0.3) is 22.0 Å². The third kappa shape index (κ3) is 2.29. The molecule has 0 aliphatic carbocycles. The number of fused-ring (bicyclic) bond motifs is 4. The first-order valence-electron chi connectivity index (χ1n) is 9.01. The number of ether oxygens (including phenoxy) is 1. The monoisotopic (exact) mass is 363 g/mol. The molecule has 5 nitrogen and oxygen atoms in total. The second-order valence-corrected chi connectivity index (χ2v) is 7.18. The lowest BCUT2D eigenvalue weighted by molar-refractivity contribution is -0.126. The Balaban J connectivity index is 1.76. The summed E-state index contributed by atoms with van der Waals surface area (Å²) >= 11 is 0. The van der Waals surface area contributed by atoms with Crippen molar-refractivity contribution >= 4 is 22.5 Å². The van der Waals surface area contributed by atoms with Crippen molar-refractivity contribution in [3.05, 3.63) is 54.2 Å². The Morgan fingerprint density at radius 1 is 1.07 bits per heavy atom. The number of rotatable bonds is 1. The molecule has 27 heavy (non-hydrogen) atoms. The molecule has 136 valence electrons. The zero-order valence-corrected chi connectivity index (χ0v) is 14.9. The van der Waals surface area contributed by atoms with Crippen LogP contribution in [-0.4, -0.2) is 36.1 Å². The van der Waals surface area contributed by atoms with Gasteiger partial charge in [-0.3, -0.25) is 9.78 Å². The summed E-state index contributed by atoms with van der Waals surface area (Å²) in [4.78, 5) is 23.2. The molecule has 1 amide bonds. The van der Waals surface area contributed by atoms with E-state index < -0.39 is 11.4 Å². The van der Waals surface area contributed by atoms with E-state index in [4.69, 9.17) is 4.74 Å². The van der Waals surface area contributed by atoms with Crippen molar-refractivity contribution in [2.45, 2.75) is 18.3 Å². The average molecular weight is 363 g/mol. The maximum absolute atomic E-state index is 13.2. The van der Waals surface area contributed by atoms with E-state index in [2.05, 4.69) is 9.97 Å². The van der Waals surface area contributed by atoms with Gasteiger partial charge in [-0.2, -0.15) is 4.39 Å². The van der Waals surface area contributed by atoms with E-state index in [1.807, 2.05) is 25.2 Å². The Labute approximate surface area is 155 Å². The highest BCUT2D eigenvalue weighted by molar-refractivity contribution is 6.12. The van der Waals surface area contributed by atoms with Crippen LogP contribution >= 0.6 is 0 Å². The molecule has 0 N–H and O–H groups in total. The first-order chi connectivity index (χ1) is 13.1. The van der Waals surface area contributed by atoms with Gasteiger partial charge in [0.2, 0.25) is 11.9 Å². The number of aromatic nitrogens is 2. The predicted molar refractivity (Wildman–Crippen MR) is 100 cm³/mol. The summed E-state index contributed by atoms with van der Waals surface area (Å²) < 4.78 is 18.7. The lowest BCUT2D eigenvalue weighted by Crippen LogP contribution is -2.43. The molecule has 0 bridgehead atoms. The quantitative estimate of drug-likeness (QED) is 0.622. The maximum atomic E-state index is 13.2. The number of pyridine rings is 2. The molecule has 3 aromatic rings. The first-order valence-corrected chi connectivity index (χ1v) is 9.01. The third-order valence-corrected chi connectivity index (χ3v) is 5.81. The third-order valence-electron chi connectivity index (χ3n) is 5.81. The Kier molecular flexibility index (Phi) is 3.52. The van der Waals surface area contributed by atoms with Gasteiger partial charge in [-0.05, 0) is 42.7 Å². The number of amides is 1. The van der Waals surface area contributed by atoms with Crippen LogP contribution in [0.15, 0.2) is 42.7 Å². The van der Waals surface area contributed by atoms with Crippen molar-refractivity contribution in [3.8, 4) is 11.1 Å². The molecule has 1 fully saturated rings. The molecule has 0 radical (unpaired) electrons. The van der Waals surface area contributed by atoms with Gasteiger partial charge in [-0.25, -0.2) is 4.98 Å². The second kappa shape index (κ2) is 5.82. The first kappa shape index (κ1) is 16.3. The van der Waals surface area contributed by atoms with Gasteiger partial charge in [-0.1, -0.05) is 6.07 Å². The summed E-state index contributed by atoms with van der Waals surface area (Å²) in [6.07, 6.45) is 4.66. The van der Waals surface area contributed by atoms with E-state index >= 15 is 0 Å². The lowest BCUT2D eigenvalue weighted by atomic mass is 9.74. The molecule has 2 aliphatic rings. The fraction of sp³-hybridized carbons (Fsp3) is 0.286. The van der Waals surface area contributed by atoms with Crippen LogP contribution in [0.2, 0.25) is 0 Å². The summed E-state index contributed by atoms with van der Waals surface area (Å²) in [6, 6.07) is 9.00. The van der Waals surface area contributed by atoms with Crippen LogP contribution in [-0.2, 0) is 14.9 Å². The highest BCUT2D eigenvalue weighted by Gasteiger charge is 2.51. The molecule has 5 rings (SSSR count). The van der Waals surface area contributed by atoms with Gasteiger partial charge >= 0.3 is 0 Å². The van der Waals surface area contributed by atoms with E-state index in [9.17, 15) is 9.18 Å². The predicted octanol–water partition coefficient (Wildman–Crippen LogP) is 3.46. The summed E-state index contributed by atoms with van der Waals surface area (Å²) in [7, 11) is 1.81. The van der Waals surface area contributed by atoms with E-state index in [-0.39, 0.29) is 5.91 Å². The standard InChI is InChI=1S/C21H18FN3O2/c1-25-17-12-23-16-4-2-13(14-3-5-18(22)24-11-14)10-15(16)19(17)21(20(25)26)6-8-27-9-7-21/h2-5,10-12H,6-9H2,1H3. The van der Waals surface area contributed by atoms with Crippen LogP contribution in [0.3, 0.4) is 0 Å². The Morgan fingerprint density at radius 2 is 1.85 bits per heavy atom. The minimum atomic E-state index is -0.552. The fourth-order valence-corrected chi connectivity index (χ4v) is 4.39. The minimum Gasteiger partial charge on any atom is -0.381 e. The van der Waals surface area contributed by atoms with Crippen molar-refractivity contribution in [1.29, 1.82) is 0 Å². The molecule has 1 saturated heterocycles. The molecule has 0 saturated carbocycles. The zero-order valence-electron chi connectivity index (χ0n) is 14.9. The summed E-state index contributed by atoms with van der Waals surface area (Å²) in [6.45, 7) is 1.15. The molecule has 4 heterocycles. The fourth-order valence-electron chi connectivity index (χ4n) is 4.39. The van der Waals surface area contributed by atoms with E-state index in [0.717, 1.165) is 33.3 Å². The number of halogens is 1. The summed E-state index contributed by atoms with van der Waals surface area (Å²) in [5.74, 6) is -0.389. The summed E-state index contributed by atoms with van der Waals surface area (Å²) in [5.41, 5.74) is 3.96. The summed E-state index contributed by atoms with van der Waals surface area (Å²) in [5, 5.41) is 0.967. The highest BCUT2D eigenvalue weighted by Crippen LogP contribution is 2.50. The lowest BCUT2D eigenvalue weighted by Gasteiger charge is -2.32. The SMILES string of the molecule is CN1C(=O)C2(CCOCC2)c2c1cnc1ccc(-c3ccc(F)nc3)cc21. The molecule has 2 aliphatic heterocycles. The van der Waals surface area contributed by atoms with Gasteiger partial charge < -0.3 is 9.64 Å². The zero-order chi connectivity index (χ0) is 18.6. The van der Waals surface area contributed by atoms with Crippen LogP contribution in [0.5, 0.6) is 0 Å². The topological polar surface area (TPSA) is 55.3 Å².